The van der Waals surface area contributed by atoms with E-state index in [1.807, 2.05) is 13.0 Å². The first kappa shape index (κ1) is 15.8. The van der Waals surface area contributed by atoms with E-state index in [-0.39, 0.29) is 11.6 Å². The van der Waals surface area contributed by atoms with Crippen LogP contribution in [0.15, 0.2) is 36.4 Å². The molecule has 0 aliphatic heterocycles. The lowest BCUT2D eigenvalue weighted by molar-refractivity contribution is 0.441. The van der Waals surface area contributed by atoms with E-state index in [0.717, 1.165) is 24.1 Å². The summed E-state index contributed by atoms with van der Waals surface area (Å²) in [5.74, 6) is 0.432. The van der Waals surface area contributed by atoms with Crippen LogP contribution in [-0.2, 0) is 6.54 Å². The molecule has 0 fully saturated rings. The molecular formula is C17H19ClFNO. The van der Waals surface area contributed by atoms with Gasteiger partial charge in [-0.25, -0.2) is 4.39 Å². The van der Waals surface area contributed by atoms with E-state index in [1.165, 1.54) is 6.07 Å². The minimum absolute atomic E-state index is 0.218. The van der Waals surface area contributed by atoms with Gasteiger partial charge in [0.1, 0.15) is 5.75 Å². The maximum atomic E-state index is 14.0. The third-order valence-electron chi connectivity index (χ3n) is 3.11. The lowest BCUT2D eigenvalue weighted by atomic mass is 10.2. The molecule has 0 amide bonds. The van der Waals surface area contributed by atoms with Crippen molar-refractivity contribution in [3.63, 3.8) is 0 Å². The molecule has 21 heavy (non-hydrogen) atoms. The van der Waals surface area contributed by atoms with E-state index in [9.17, 15) is 4.39 Å². The molecule has 2 nitrogen and oxygen atoms in total. The molecule has 0 aliphatic carbocycles. The normalized spacial score (nSPS) is 10.7. The summed E-state index contributed by atoms with van der Waals surface area (Å²) in [6.45, 7) is 5.56. The highest BCUT2D eigenvalue weighted by atomic mass is 35.5. The summed E-state index contributed by atoms with van der Waals surface area (Å²) in [7, 11) is 0. The second-order valence-electron chi connectivity index (χ2n) is 4.95. The van der Waals surface area contributed by atoms with Crippen molar-refractivity contribution in [2.75, 3.05) is 6.54 Å². The van der Waals surface area contributed by atoms with Gasteiger partial charge < -0.3 is 10.1 Å². The summed E-state index contributed by atoms with van der Waals surface area (Å²) >= 11 is 5.96. The van der Waals surface area contributed by atoms with Crippen LogP contribution < -0.4 is 10.1 Å². The first-order valence-corrected chi connectivity index (χ1v) is 7.41. The molecule has 0 radical (unpaired) electrons. The van der Waals surface area contributed by atoms with E-state index in [1.54, 1.807) is 24.3 Å². The fraction of sp³-hybridized carbons (Fsp3) is 0.294. The van der Waals surface area contributed by atoms with Crippen molar-refractivity contribution in [2.45, 2.75) is 26.8 Å². The summed E-state index contributed by atoms with van der Waals surface area (Å²) in [5.41, 5.74) is 1.80. The molecule has 1 N–H and O–H groups in total. The number of ether oxygens (including phenoxy) is 1. The van der Waals surface area contributed by atoms with Crippen molar-refractivity contribution in [1.29, 1.82) is 0 Å². The van der Waals surface area contributed by atoms with Crippen LogP contribution >= 0.6 is 11.6 Å². The van der Waals surface area contributed by atoms with E-state index < -0.39 is 0 Å². The molecule has 0 aliphatic rings. The van der Waals surface area contributed by atoms with Gasteiger partial charge in [0.25, 0.3) is 0 Å². The summed E-state index contributed by atoms with van der Waals surface area (Å²) in [6, 6.07) is 10.3. The lowest BCUT2D eigenvalue weighted by Gasteiger charge is -2.10. The van der Waals surface area contributed by atoms with Gasteiger partial charge in [-0.3, -0.25) is 0 Å². The van der Waals surface area contributed by atoms with Gasteiger partial charge in [-0.15, -0.1) is 0 Å². The highest BCUT2D eigenvalue weighted by Crippen LogP contribution is 2.28. The number of benzene rings is 2. The Morgan fingerprint density at radius 2 is 2.00 bits per heavy atom. The van der Waals surface area contributed by atoms with E-state index >= 15 is 0 Å². The van der Waals surface area contributed by atoms with Gasteiger partial charge in [0.2, 0.25) is 0 Å². The zero-order valence-electron chi connectivity index (χ0n) is 12.2. The van der Waals surface area contributed by atoms with Crippen LogP contribution in [0, 0.1) is 12.7 Å². The fourth-order valence-electron chi connectivity index (χ4n) is 1.95. The van der Waals surface area contributed by atoms with E-state index in [4.69, 9.17) is 16.3 Å². The summed E-state index contributed by atoms with van der Waals surface area (Å²) < 4.78 is 19.6. The fourth-order valence-corrected chi connectivity index (χ4v) is 2.07. The van der Waals surface area contributed by atoms with Crippen molar-refractivity contribution in [2.24, 2.45) is 0 Å². The van der Waals surface area contributed by atoms with Gasteiger partial charge in [-0.2, -0.15) is 0 Å². The first-order valence-electron chi connectivity index (χ1n) is 7.03. The van der Waals surface area contributed by atoms with Crippen LogP contribution in [0.25, 0.3) is 0 Å². The van der Waals surface area contributed by atoms with Crippen molar-refractivity contribution >= 4 is 11.6 Å². The van der Waals surface area contributed by atoms with Crippen molar-refractivity contribution < 1.29 is 9.13 Å². The van der Waals surface area contributed by atoms with Gasteiger partial charge in [-0.05, 0) is 61.3 Å². The largest absolute Gasteiger partial charge is 0.454 e. The predicted octanol–water partition coefficient (Wildman–Crippen LogP) is 5.08. The third-order valence-corrected chi connectivity index (χ3v) is 3.53. The Hall–Kier alpha value is -1.58. The van der Waals surface area contributed by atoms with Crippen molar-refractivity contribution in [1.82, 2.24) is 5.32 Å². The SMILES string of the molecule is CCCNCc1ccc(Oc2ccc(Cl)c(C)c2)c(F)c1. The third kappa shape index (κ3) is 4.45. The van der Waals surface area contributed by atoms with E-state index in [0.29, 0.717) is 17.3 Å². The minimum atomic E-state index is -0.363. The molecule has 2 rings (SSSR count). The molecule has 2 aromatic carbocycles. The Bertz CT molecular complexity index is 616. The molecule has 0 aromatic heterocycles. The Balaban J connectivity index is 2.08. The number of nitrogens with one attached hydrogen (secondary N) is 1. The van der Waals surface area contributed by atoms with Gasteiger partial charge in [0.15, 0.2) is 11.6 Å². The molecule has 0 unspecified atom stereocenters. The average Bonchev–Trinajstić information content (AvgIpc) is 2.46. The van der Waals surface area contributed by atoms with E-state index in [2.05, 4.69) is 12.2 Å². The zero-order valence-corrected chi connectivity index (χ0v) is 13.0. The molecule has 0 heterocycles. The van der Waals surface area contributed by atoms with Crippen molar-refractivity contribution in [3.8, 4) is 11.5 Å². The van der Waals surface area contributed by atoms with Gasteiger partial charge in [0, 0.05) is 11.6 Å². The molecule has 0 atom stereocenters. The second-order valence-corrected chi connectivity index (χ2v) is 5.36. The molecule has 0 saturated heterocycles. The quantitative estimate of drug-likeness (QED) is 0.751. The topological polar surface area (TPSA) is 21.3 Å². The average molecular weight is 308 g/mol. The molecule has 112 valence electrons. The zero-order chi connectivity index (χ0) is 15.2. The van der Waals surface area contributed by atoms with Crippen LogP contribution in [0.1, 0.15) is 24.5 Å². The number of aryl methyl sites for hydroxylation is 1. The molecular weight excluding hydrogens is 289 g/mol. The van der Waals surface area contributed by atoms with Crippen LogP contribution in [0.2, 0.25) is 5.02 Å². The molecule has 0 spiro atoms. The van der Waals surface area contributed by atoms with Crippen LogP contribution in [0.5, 0.6) is 11.5 Å². The Labute approximate surface area is 129 Å². The second kappa shape index (κ2) is 7.43. The highest BCUT2D eigenvalue weighted by Gasteiger charge is 2.07. The summed E-state index contributed by atoms with van der Waals surface area (Å²) in [4.78, 5) is 0. The van der Waals surface area contributed by atoms with Crippen LogP contribution in [0.4, 0.5) is 4.39 Å². The predicted molar refractivity (Wildman–Crippen MR) is 84.7 cm³/mol. The van der Waals surface area contributed by atoms with Crippen LogP contribution in [-0.4, -0.2) is 6.54 Å². The first-order chi connectivity index (χ1) is 10.1. The van der Waals surface area contributed by atoms with Crippen LogP contribution in [0.3, 0.4) is 0 Å². The highest BCUT2D eigenvalue weighted by molar-refractivity contribution is 6.31. The van der Waals surface area contributed by atoms with Crippen molar-refractivity contribution in [3.05, 3.63) is 58.4 Å². The monoisotopic (exact) mass is 307 g/mol. The lowest BCUT2D eigenvalue weighted by Crippen LogP contribution is -2.13. The molecule has 0 bridgehead atoms. The Kier molecular flexibility index (Phi) is 5.59. The van der Waals surface area contributed by atoms with Gasteiger partial charge in [-0.1, -0.05) is 24.6 Å². The van der Waals surface area contributed by atoms with Gasteiger partial charge >= 0.3 is 0 Å². The molecule has 0 saturated carbocycles. The number of hydrogen-bond donors (Lipinski definition) is 1. The Morgan fingerprint density at radius 3 is 2.67 bits per heavy atom. The molecule has 4 heteroatoms. The van der Waals surface area contributed by atoms with Gasteiger partial charge in [0.05, 0.1) is 0 Å². The number of hydrogen-bond acceptors (Lipinski definition) is 2. The molecule has 2 aromatic rings. The minimum Gasteiger partial charge on any atom is -0.454 e. The number of rotatable bonds is 6. The Morgan fingerprint density at radius 1 is 1.19 bits per heavy atom. The number of halogens is 2. The summed E-state index contributed by atoms with van der Waals surface area (Å²) in [6.07, 6.45) is 1.06. The standard InChI is InChI=1S/C17H19ClFNO/c1-3-8-20-11-13-4-7-17(16(19)10-13)21-14-5-6-15(18)12(2)9-14/h4-7,9-10,20H,3,8,11H2,1-2H3. The maximum Gasteiger partial charge on any atom is 0.166 e. The smallest absolute Gasteiger partial charge is 0.166 e. The summed E-state index contributed by atoms with van der Waals surface area (Å²) in [5, 5.41) is 3.91. The maximum absolute atomic E-state index is 14.0.